The second-order valence-electron chi connectivity index (χ2n) is 19.3. The van der Waals surface area contributed by atoms with E-state index in [-0.39, 0.29) is 18.5 Å². The molecule has 0 saturated carbocycles. The number of amides is 1. The number of esters is 1. The third-order valence-corrected chi connectivity index (χ3v) is 12.8. The highest BCUT2D eigenvalue weighted by molar-refractivity contribution is 5.76. The fraction of sp³-hybridized carbons (Fsp3) is 0.831. The van der Waals surface area contributed by atoms with Crippen LogP contribution in [0.1, 0.15) is 290 Å². The molecule has 0 fully saturated rings. The van der Waals surface area contributed by atoms with Crippen molar-refractivity contribution in [2.45, 2.75) is 302 Å². The van der Waals surface area contributed by atoms with Gasteiger partial charge in [-0.1, -0.05) is 242 Å². The minimum Gasteiger partial charge on any atom is -0.466 e. The van der Waals surface area contributed by atoms with Crippen LogP contribution in [0, 0.1) is 0 Å². The Kier molecular flexibility index (Phi) is 52.6. The van der Waals surface area contributed by atoms with Crippen LogP contribution in [-0.4, -0.2) is 47.4 Å². The molecule has 0 aromatic carbocycles. The molecule has 0 radical (unpaired) electrons. The van der Waals surface area contributed by atoms with E-state index in [2.05, 4.69) is 55.6 Å². The highest BCUT2D eigenvalue weighted by Crippen LogP contribution is 2.16. The highest BCUT2D eigenvalue weighted by atomic mass is 16.5. The number of unbranched alkanes of at least 4 members (excludes halogenated alkanes) is 35. The number of hydrogen-bond acceptors (Lipinski definition) is 5. The van der Waals surface area contributed by atoms with Crippen molar-refractivity contribution in [3.8, 4) is 0 Å². The Balaban J connectivity index is 3.53. The lowest BCUT2D eigenvalue weighted by Crippen LogP contribution is -2.45. The Morgan fingerprint density at radius 1 is 0.431 bits per heavy atom. The van der Waals surface area contributed by atoms with Crippen LogP contribution >= 0.6 is 0 Å². The van der Waals surface area contributed by atoms with E-state index in [1.54, 1.807) is 6.08 Å². The fourth-order valence-corrected chi connectivity index (χ4v) is 8.41. The van der Waals surface area contributed by atoms with Crippen LogP contribution in [0.3, 0.4) is 0 Å². The standard InChI is InChI=1S/C59H109NO5/c1-3-5-7-9-11-13-15-17-19-20-21-22-24-27-31-35-39-43-47-51-57(62)56(55-61)60-58(63)52-48-44-40-36-32-28-25-23-26-30-34-38-42-46-50-54-65-59(64)53-49-45-41-37-33-29-18-16-14-12-10-8-6-4-2/h10,12,16,18,26,30,47,51,56-57,61-62H,3-9,11,13-15,17,19-25,27-29,31-46,48-50,52-55H2,1-2H3,(H,60,63)/b12-10-,18-16-,30-26-,51-47+. The van der Waals surface area contributed by atoms with Crippen LogP contribution in [-0.2, 0) is 14.3 Å². The van der Waals surface area contributed by atoms with E-state index < -0.39 is 12.1 Å². The summed E-state index contributed by atoms with van der Waals surface area (Å²) < 4.78 is 5.45. The Labute approximate surface area is 404 Å². The van der Waals surface area contributed by atoms with Crippen molar-refractivity contribution in [3.63, 3.8) is 0 Å². The van der Waals surface area contributed by atoms with Gasteiger partial charge in [-0.05, 0) is 83.5 Å². The van der Waals surface area contributed by atoms with Crippen molar-refractivity contribution in [2.24, 2.45) is 0 Å². The third kappa shape index (κ3) is 51.1. The number of allylic oxidation sites excluding steroid dienone is 7. The lowest BCUT2D eigenvalue weighted by atomic mass is 10.0. The first-order valence-electron chi connectivity index (χ1n) is 28.4. The second-order valence-corrected chi connectivity index (χ2v) is 19.3. The van der Waals surface area contributed by atoms with Crippen molar-refractivity contribution < 1.29 is 24.5 Å². The predicted molar refractivity (Wildman–Crippen MR) is 282 cm³/mol. The Hall–Kier alpha value is -2.18. The smallest absolute Gasteiger partial charge is 0.305 e. The molecule has 0 heterocycles. The van der Waals surface area contributed by atoms with Gasteiger partial charge in [0.25, 0.3) is 0 Å². The second kappa shape index (κ2) is 54.4. The SMILES string of the molecule is CCCC/C=C\C/C=C\CCCCCCCC(=O)OCCCCCC/C=C\CCCCCCCCCC(=O)NC(CO)C(O)/C=C/CCCCCCCCCCCCCCCCCCC. The molecule has 0 rings (SSSR count). The fourth-order valence-electron chi connectivity index (χ4n) is 8.41. The van der Waals surface area contributed by atoms with Gasteiger partial charge in [-0.15, -0.1) is 0 Å². The van der Waals surface area contributed by atoms with Crippen LogP contribution in [0.4, 0.5) is 0 Å². The lowest BCUT2D eigenvalue weighted by molar-refractivity contribution is -0.143. The summed E-state index contributed by atoms with van der Waals surface area (Å²) in [6.07, 6.45) is 68.4. The van der Waals surface area contributed by atoms with Gasteiger partial charge < -0.3 is 20.3 Å². The summed E-state index contributed by atoms with van der Waals surface area (Å²) in [5.74, 6) is -0.109. The number of aliphatic hydroxyl groups is 2. The van der Waals surface area contributed by atoms with Crippen LogP contribution in [0.2, 0.25) is 0 Å². The first-order chi connectivity index (χ1) is 32.0. The van der Waals surface area contributed by atoms with Crippen LogP contribution in [0.25, 0.3) is 0 Å². The van der Waals surface area contributed by atoms with E-state index in [0.29, 0.717) is 19.4 Å². The molecule has 65 heavy (non-hydrogen) atoms. The largest absolute Gasteiger partial charge is 0.466 e. The van der Waals surface area contributed by atoms with E-state index in [0.717, 1.165) is 83.5 Å². The quantitative estimate of drug-likeness (QED) is 0.0321. The van der Waals surface area contributed by atoms with Crippen LogP contribution < -0.4 is 5.32 Å². The van der Waals surface area contributed by atoms with Gasteiger partial charge in [0.05, 0.1) is 25.4 Å². The molecule has 2 atom stereocenters. The molecule has 0 saturated heterocycles. The van der Waals surface area contributed by atoms with Gasteiger partial charge in [0.15, 0.2) is 0 Å². The van der Waals surface area contributed by atoms with E-state index in [4.69, 9.17) is 4.74 Å². The maximum Gasteiger partial charge on any atom is 0.305 e. The van der Waals surface area contributed by atoms with Gasteiger partial charge in [-0.2, -0.15) is 0 Å². The van der Waals surface area contributed by atoms with Gasteiger partial charge in [0, 0.05) is 12.8 Å². The molecule has 0 bridgehead atoms. The van der Waals surface area contributed by atoms with Crippen LogP contribution in [0.15, 0.2) is 48.6 Å². The minimum atomic E-state index is -0.856. The van der Waals surface area contributed by atoms with Crippen LogP contribution in [0.5, 0.6) is 0 Å². The normalized spacial score (nSPS) is 13.0. The van der Waals surface area contributed by atoms with Crippen molar-refractivity contribution in [3.05, 3.63) is 48.6 Å². The molecule has 6 nitrogen and oxygen atoms in total. The Morgan fingerprint density at radius 3 is 1.23 bits per heavy atom. The number of ether oxygens (including phenoxy) is 1. The highest BCUT2D eigenvalue weighted by Gasteiger charge is 2.18. The number of aliphatic hydroxyl groups excluding tert-OH is 2. The van der Waals surface area contributed by atoms with Gasteiger partial charge >= 0.3 is 5.97 Å². The summed E-state index contributed by atoms with van der Waals surface area (Å²) in [6.45, 7) is 4.82. The topological polar surface area (TPSA) is 95.9 Å². The van der Waals surface area contributed by atoms with Crippen molar-refractivity contribution in [1.82, 2.24) is 5.32 Å². The molecule has 0 aliphatic rings. The summed E-state index contributed by atoms with van der Waals surface area (Å²) >= 11 is 0. The van der Waals surface area contributed by atoms with E-state index in [1.165, 1.54) is 180 Å². The van der Waals surface area contributed by atoms with Gasteiger partial charge in [0.2, 0.25) is 5.91 Å². The molecular weight excluding hydrogens is 803 g/mol. The number of carbonyl (C=O) groups is 2. The zero-order chi connectivity index (χ0) is 47.2. The Morgan fingerprint density at radius 2 is 0.785 bits per heavy atom. The first kappa shape index (κ1) is 62.8. The molecule has 3 N–H and O–H groups in total. The first-order valence-corrected chi connectivity index (χ1v) is 28.4. The molecule has 380 valence electrons. The summed E-state index contributed by atoms with van der Waals surface area (Å²) in [4.78, 5) is 24.5. The zero-order valence-corrected chi connectivity index (χ0v) is 43.2. The van der Waals surface area contributed by atoms with E-state index in [9.17, 15) is 19.8 Å². The third-order valence-electron chi connectivity index (χ3n) is 12.8. The molecule has 0 aromatic heterocycles. The monoisotopic (exact) mass is 912 g/mol. The average molecular weight is 913 g/mol. The number of nitrogens with one attached hydrogen (secondary N) is 1. The van der Waals surface area contributed by atoms with Crippen molar-refractivity contribution in [1.29, 1.82) is 0 Å². The summed E-state index contributed by atoms with van der Waals surface area (Å²) in [6, 6.07) is -0.641. The zero-order valence-electron chi connectivity index (χ0n) is 43.2. The lowest BCUT2D eigenvalue weighted by Gasteiger charge is -2.20. The summed E-state index contributed by atoms with van der Waals surface area (Å²) in [5.41, 5.74) is 0. The molecule has 0 aliphatic heterocycles. The number of rotatable bonds is 52. The molecule has 1 amide bonds. The van der Waals surface area contributed by atoms with Gasteiger partial charge in [-0.3, -0.25) is 9.59 Å². The number of hydrogen-bond donors (Lipinski definition) is 3. The molecule has 0 aliphatic carbocycles. The summed E-state index contributed by atoms with van der Waals surface area (Å²) in [7, 11) is 0. The molecule has 6 heteroatoms. The predicted octanol–water partition coefficient (Wildman–Crippen LogP) is 17.4. The molecule has 0 spiro atoms. The maximum atomic E-state index is 12.5. The van der Waals surface area contributed by atoms with E-state index >= 15 is 0 Å². The van der Waals surface area contributed by atoms with Crippen molar-refractivity contribution >= 4 is 11.9 Å². The molecule has 0 aromatic rings. The summed E-state index contributed by atoms with van der Waals surface area (Å²) in [5, 5.41) is 23.1. The number of carbonyl (C=O) groups excluding carboxylic acids is 2. The Bertz CT molecular complexity index is 1100. The average Bonchev–Trinajstić information content (AvgIpc) is 3.31. The maximum absolute atomic E-state index is 12.5. The van der Waals surface area contributed by atoms with Crippen molar-refractivity contribution in [2.75, 3.05) is 13.2 Å². The van der Waals surface area contributed by atoms with E-state index in [1.807, 2.05) is 6.08 Å². The minimum absolute atomic E-state index is 0.0262. The van der Waals surface area contributed by atoms with Gasteiger partial charge in [-0.25, -0.2) is 0 Å². The van der Waals surface area contributed by atoms with Gasteiger partial charge in [0.1, 0.15) is 0 Å². The molecular formula is C59H109NO5. The molecule has 2 unspecified atom stereocenters.